The highest BCUT2D eigenvalue weighted by molar-refractivity contribution is 7.26. The summed E-state index contributed by atoms with van der Waals surface area (Å²) in [6.45, 7) is 9.48. The van der Waals surface area contributed by atoms with Crippen molar-refractivity contribution in [3.8, 4) is 22.3 Å². The van der Waals surface area contributed by atoms with Crippen molar-refractivity contribution in [1.29, 1.82) is 0 Å². The predicted molar refractivity (Wildman–Crippen MR) is 207 cm³/mol. The van der Waals surface area contributed by atoms with Gasteiger partial charge in [0.2, 0.25) is 0 Å². The highest BCUT2D eigenvalue weighted by Gasteiger charge is 2.37. The summed E-state index contributed by atoms with van der Waals surface area (Å²) in [5, 5.41) is 5.26. The largest absolute Gasteiger partial charge is 0.310 e. The standard InChI is InChI=1S/C46H35NS/c1-45(2)38-14-8-5-11-32(38)34-22-20-30(26-40(34)45)47(31-21-23-35-33-12-6-9-15-39(33)46(3,4)41(35)27-31)29-19-17-28-18-24-43-44(37(28)25-29)36-13-7-10-16-42(36)48-43/h5-27H,1-4H3. The highest BCUT2D eigenvalue weighted by atomic mass is 32.1. The molecule has 2 aliphatic rings. The van der Waals surface area contributed by atoms with Crippen molar-refractivity contribution in [3.63, 3.8) is 0 Å². The number of hydrogen-bond acceptors (Lipinski definition) is 2. The summed E-state index contributed by atoms with van der Waals surface area (Å²) in [5.74, 6) is 0. The lowest BCUT2D eigenvalue weighted by atomic mass is 9.82. The van der Waals surface area contributed by atoms with Crippen molar-refractivity contribution in [2.24, 2.45) is 0 Å². The number of anilines is 3. The SMILES string of the molecule is CC1(C)c2ccccc2-c2ccc(N(c3ccc4c(c3)C(C)(C)c3ccccc3-4)c3ccc4ccc5sc6ccccc6c5c4c3)cc21. The molecule has 7 aromatic carbocycles. The Morgan fingerprint density at radius 3 is 1.56 bits per heavy atom. The van der Waals surface area contributed by atoms with E-state index in [9.17, 15) is 0 Å². The molecule has 2 aliphatic carbocycles. The Morgan fingerprint density at radius 2 is 0.917 bits per heavy atom. The predicted octanol–water partition coefficient (Wildman–Crippen LogP) is 13.3. The summed E-state index contributed by atoms with van der Waals surface area (Å²) in [6.07, 6.45) is 0. The summed E-state index contributed by atoms with van der Waals surface area (Å²) in [6, 6.07) is 52.6. The fourth-order valence-corrected chi connectivity index (χ4v) is 9.90. The lowest BCUT2D eigenvalue weighted by Crippen LogP contribution is -2.18. The van der Waals surface area contributed by atoms with Gasteiger partial charge in [0.15, 0.2) is 0 Å². The van der Waals surface area contributed by atoms with E-state index >= 15 is 0 Å². The fraction of sp³-hybridized carbons (Fsp3) is 0.130. The molecule has 10 rings (SSSR count). The van der Waals surface area contributed by atoms with Gasteiger partial charge in [-0.15, -0.1) is 11.3 Å². The zero-order chi connectivity index (χ0) is 32.4. The zero-order valence-electron chi connectivity index (χ0n) is 27.6. The van der Waals surface area contributed by atoms with Gasteiger partial charge >= 0.3 is 0 Å². The first-order chi connectivity index (χ1) is 23.3. The molecule has 230 valence electrons. The maximum absolute atomic E-state index is 2.49. The van der Waals surface area contributed by atoms with E-state index in [0.29, 0.717) is 0 Å². The van der Waals surface area contributed by atoms with E-state index in [1.807, 2.05) is 11.3 Å². The molecule has 0 spiro atoms. The van der Waals surface area contributed by atoms with Gasteiger partial charge in [0.05, 0.1) is 0 Å². The van der Waals surface area contributed by atoms with E-state index in [1.54, 1.807) is 0 Å². The third-order valence-corrected chi connectivity index (χ3v) is 12.4. The molecule has 48 heavy (non-hydrogen) atoms. The summed E-state index contributed by atoms with van der Waals surface area (Å²) in [5.41, 5.74) is 14.3. The first-order valence-corrected chi connectivity index (χ1v) is 17.8. The van der Waals surface area contributed by atoms with Gasteiger partial charge in [0, 0.05) is 48.1 Å². The zero-order valence-corrected chi connectivity index (χ0v) is 28.5. The van der Waals surface area contributed by atoms with Gasteiger partial charge in [-0.05, 0) is 104 Å². The molecule has 0 saturated carbocycles. The fourth-order valence-electron chi connectivity index (χ4n) is 8.78. The molecule has 0 amide bonds. The van der Waals surface area contributed by atoms with E-state index in [2.05, 4.69) is 172 Å². The molecule has 8 aromatic rings. The van der Waals surface area contributed by atoms with Gasteiger partial charge in [-0.3, -0.25) is 0 Å². The number of rotatable bonds is 3. The summed E-state index contributed by atoms with van der Waals surface area (Å²) in [4.78, 5) is 2.49. The van der Waals surface area contributed by atoms with Gasteiger partial charge in [-0.2, -0.15) is 0 Å². The van der Waals surface area contributed by atoms with Crippen LogP contribution in [0.15, 0.2) is 140 Å². The Morgan fingerprint density at radius 1 is 0.417 bits per heavy atom. The molecule has 0 saturated heterocycles. The Balaban J connectivity index is 1.23. The number of fused-ring (bicyclic) bond motifs is 11. The summed E-state index contributed by atoms with van der Waals surface area (Å²) >= 11 is 1.88. The maximum atomic E-state index is 2.49. The van der Waals surface area contributed by atoms with Crippen LogP contribution in [-0.2, 0) is 10.8 Å². The molecule has 0 N–H and O–H groups in total. The van der Waals surface area contributed by atoms with Crippen LogP contribution in [0.2, 0.25) is 0 Å². The van der Waals surface area contributed by atoms with Crippen molar-refractivity contribution in [3.05, 3.63) is 162 Å². The molecule has 0 atom stereocenters. The van der Waals surface area contributed by atoms with Crippen LogP contribution in [0.1, 0.15) is 49.9 Å². The molecular weight excluding hydrogens is 599 g/mol. The van der Waals surface area contributed by atoms with E-state index in [0.717, 1.165) is 0 Å². The normalized spacial score (nSPS) is 15.0. The van der Waals surface area contributed by atoms with E-state index in [1.165, 1.54) is 92.5 Å². The number of hydrogen-bond donors (Lipinski definition) is 0. The second kappa shape index (κ2) is 9.69. The molecule has 0 bridgehead atoms. The lowest BCUT2D eigenvalue weighted by Gasteiger charge is -2.30. The molecular formula is C46H35NS. The third-order valence-electron chi connectivity index (χ3n) is 11.3. The second-order valence-electron chi connectivity index (χ2n) is 14.6. The van der Waals surface area contributed by atoms with E-state index in [4.69, 9.17) is 0 Å². The van der Waals surface area contributed by atoms with Crippen LogP contribution in [0.25, 0.3) is 53.2 Å². The topological polar surface area (TPSA) is 3.24 Å². The third kappa shape index (κ3) is 3.72. The maximum Gasteiger partial charge on any atom is 0.0468 e. The van der Waals surface area contributed by atoms with Gasteiger partial charge in [-0.25, -0.2) is 0 Å². The minimum Gasteiger partial charge on any atom is -0.310 e. The monoisotopic (exact) mass is 633 g/mol. The molecule has 0 unspecified atom stereocenters. The van der Waals surface area contributed by atoms with Gasteiger partial charge < -0.3 is 4.90 Å². The summed E-state index contributed by atoms with van der Waals surface area (Å²) in [7, 11) is 0. The Hall–Kier alpha value is -5.18. The van der Waals surface area contributed by atoms with Crippen molar-refractivity contribution in [1.82, 2.24) is 0 Å². The van der Waals surface area contributed by atoms with Crippen LogP contribution >= 0.6 is 11.3 Å². The van der Waals surface area contributed by atoms with E-state index in [-0.39, 0.29) is 10.8 Å². The summed E-state index contributed by atoms with van der Waals surface area (Å²) < 4.78 is 2.67. The van der Waals surface area contributed by atoms with Crippen LogP contribution in [0.3, 0.4) is 0 Å². The van der Waals surface area contributed by atoms with Crippen molar-refractivity contribution < 1.29 is 0 Å². The number of nitrogens with zero attached hydrogens (tertiary/aromatic N) is 1. The van der Waals surface area contributed by atoms with E-state index < -0.39 is 0 Å². The van der Waals surface area contributed by atoms with Gasteiger partial charge in [0.25, 0.3) is 0 Å². The Labute approximate surface area is 285 Å². The molecule has 0 aliphatic heterocycles. The van der Waals surface area contributed by atoms with Crippen LogP contribution < -0.4 is 4.90 Å². The van der Waals surface area contributed by atoms with Crippen LogP contribution in [0.5, 0.6) is 0 Å². The highest BCUT2D eigenvalue weighted by Crippen LogP contribution is 2.53. The quantitative estimate of drug-likeness (QED) is 0.187. The second-order valence-corrected chi connectivity index (χ2v) is 15.7. The molecule has 0 fully saturated rings. The first-order valence-electron chi connectivity index (χ1n) is 16.9. The smallest absolute Gasteiger partial charge is 0.0468 e. The molecule has 0 radical (unpaired) electrons. The van der Waals surface area contributed by atoms with Crippen LogP contribution in [0, 0.1) is 0 Å². The average molecular weight is 634 g/mol. The van der Waals surface area contributed by atoms with Crippen LogP contribution in [-0.4, -0.2) is 0 Å². The lowest BCUT2D eigenvalue weighted by molar-refractivity contribution is 0.660. The molecule has 2 heteroatoms. The van der Waals surface area contributed by atoms with Gasteiger partial charge in [0.1, 0.15) is 0 Å². The van der Waals surface area contributed by atoms with Crippen molar-refractivity contribution >= 4 is 59.3 Å². The van der Waals surface area contributed by atoms with Crippen LogP contribution in [0.4, 0.5) is 17.1 Å². The molecule has 1 nitrogen and oxygen atoms in total. The Bertz CT molecular complexity index is 2530. The Kier molecular flexibility index (Phi) is 5.63. The number of thiophene rings is 1. The first kappa shape index (κ1) is 27.9. The van der Waals surface area contributed by atoms with Gasteiger partial charge in [-0.1, -0.05) is 119 Å². The molecule has 1 aromatic heterocycles. The minimum absolute atomic E-state index is 0.0830. The molecule has 1 heterocycles. The number of benzene rings is 7. The van der Waals surface area contributed by atoms with Crippen molar-refractivity contribution in [2.75, 3.05) is 4.90 Å². The average Bonchev–Trinajstić information content (AvgIpc) is 3.69. The minimum atomic E-state index is -0.0830. The van der Waals surface area contributed by atoms with Crippen molar-refractivity contribution in [2.45, 2.75) is 38.5 Å².